The van der Waals surface area contributed by atoms with E-state index in [2.05, 4.69) is 20.8 Å². The zero-order valence-corrected chi connectivity index (χ0v) is 19.1. The van der Waals surface area contributed by atoms with Gasteiger partial charge in [-0.2, -0.15) is 0 Å². The minimum absolute atomic E-state index is 0.0524. The molecule has 30 heavy (non-hydrogen) atoms. The van der Waals surface area contributed by atoms with Crippen molar-refractivity contribution in [1.29, 1.82) is 0 Å². The Hall–Kier alpha value is -1.10. The molecule has 4 aliphatic rings. The number of esters is 1. The van der Waals surface area contributed by atoms with Crippen molar-refractivity contribution in [3.63, 3.8) is 0 Å². The fourth-order valence-electron chi connectivity index (χ4n) is 8.24. The number of carboxylic acid groups (broad SMARTS) is 1. The second-order valence-electron chi connectivity index (χ2n) is 11.6. The van der Waals surface area contributed by atoms with Crippen LogP contribution in [0.1, 0.15) is 91.4 Å². The van der Waals surface area contributed by atoms with E-state index in [0.29, 0.717) is 16.7 Å². The maximum Gasteiger partial charge on any atom is 0.323 e. The van der Waals surface area contributed by atoms with E-state index in [-0.39, 0.29) is 18.9 Å². The molecule has 5 nitrogen and oxygen atoms in total. The van der Waals surface area contributed by atoms with Crippen LogP contribution in [0, 0.1) is 40.4 Å². The van der Waals surface area contributed by atoms with Gasteiger partial charge in [0.25, 0.3) is 0 Å². The molecule has 5 heteroatoms. The molecule has 4 fully saturated rings. The van der Waals surface area contributed by atoms with Crippen molar-refractivity contribution in [3.05, 3.63) is 0 Å². The molecule has 4 rings (SSSR count). The van der Waals surface area contributed by atoms with Crippen LogP contribution in [0.2, 0.25) is 0 Å². The van der Waals surface area contributed by atoms with Gasteiger partial charge in [0.05, 0.1) is 0 Å². The molecule has 4 aliphatic carbocycles. The average molecular weight is 420 g/mol. The first-order chi connectivity index (χ1) is 14.1. The zero-order chi connectivity index (χ0) is 21.7. The van der Waals surface area contributed by atoms with Gasteiger partial charge in [0, 0.05) is 6.42 Å². The third-order valence-corrected chi connectivity index (χ3v) is 10.3. The van der Waals surface area contributed by atoms with Crippen LogP contribution in [-0.4, -0.2) is 29.2 Å². The summed E-state index contributed by atoms with van der Waals surface area (Å²) in [5.41, 5.74) is 6.80. The van der Waals surface area contributed by atoms with Crippen LogP contribution < -0.4 is 5.73 Å². The van der Waals surface area contributed by atoms with Crippen molar-refractivity contribution in [2.75, 3.05) is 0 Å². The molecule has 0 saturated heterocycles. The van der Waals surface area contributed by atoms with Crippen LogP contribution in [0.4, 0.5) is 0 Å². The fraction of sp³-hybridized carbons (Fsp3) is 0.920. The van der Waals surface area contributed by atoms with E-state index in [1.54, 1.807) is 0 Å². The van der Waals surface area contributed by atoms with Crippen molar-refractivity contribution in [2.24, 2.45) is 46.2 Å². The summed E-state index contributed by atoms with van der Waals surface area (Å²) in [5.74, 6) is 2.77. The molecule has 0 heterocycles. The summed E-state index contributed by atoms with van der Waals surface area (Å²) in [6, 6.07) is -0.828. The highest BCUT2D eigenvalue weighted by Crippen LogP contribution is 2.67. The Labute approximate surface area is 181 Å². The number of rotatable bonds is 5. The van der Waals surface area contributed by atoms with Crippen LogP contribution in [0.25, 0.3) is 0 Å². The predicted molar refractivity (Wildman–Crippen MR) is 116 cm³/mol. The lowest BCUT2D eigenvalue weighted by Gasteiger charge is -2.61. The number of nitrogens with two attached hydrogens (primary N) is 1. The van der Waals surface area contributed by atoms with E-state index in [9.17, 15) is 9.59 Å². The van der Waals surface area contributed by atoms with E-state index < -0.39 is 18.0 Å². The lowest BCUT2D eigenvalue weighted by Crippen LogP contribution is -2.54. The molecule has 0 unspecified atom stereocenters. The number of ether oxygens (including phenoxy) is 1. The zero-order valence-electron chi connectivity index (χ0n) is 19.1. The number of hydrogen-bond acceptors (Lipinski definition) is 4. The summed E-state index contributed by atoms with van der Waals surface area (Å²) < 4.78 is 5.76. The molecular formula is C25H41NO4. The second kappa shape index (κ2) is 8.11. The highest BCUT2D eigenvalue weighted by molar-refractivity contribution is 5.76. The largest absolute Gasteiger partial charge is 0.481 e. The molecule has 0 aromatic rings. The molecule has 0 amide bonds. The minimum Gasteiger partial charge on any atom is -0.481 e. The monoisotopic (exact) mass is 419 g/mol. The van der Waals surface area contributed by atoms with Crippen LogP contribution in [-0.2, 0) is 14.3 Å². The molecule has 4 saturated carbocycles. The van der Waals surface area contributed by atoms with Gasteiger partial charge < -0.3 is 15.6 Å². The van der Waals surface area contributed by atoms with E-state index in [0.717, 1.165) is 42.9 Å². The average Bonchev–Trinajstić information content (AvgIpc) is 3.01. The maximum atomic E-state index is 12.3. The standard InChI is InChI=1S/C25H41NO4/c1-15-4-7-19-18-6-5-16-14-17(30-23(29)21(26)8-9-22(27)28)10-12-25(16,3)20(18)11-13-24(15,19)2/h15-21H,4-14,26H2,1-3H3,(H,27,28)/t15-,16+,17+,18-,19-,20-,21-,24+,25-/m0/s1. The Kier molecular flexibility index (Phi) is 5.97. The normalized spacial score (nSPS) is 46.3. The predicted octanol–water partition coefficient (Wildman–Crippen LogP) is 4.77. The molecule has 170 valence electrons. The van der Waals surface area contributed by atoms with Crippen molar-refractivity contribution in [1.82, 2.24) is 0 Å². The number of fused-ring (bicyclic) bond motifs is 5. The number of hydrogen-bond donors (Lipinski definition) is 2. The number of carbonyl (C=O) groups excluding carboxylic acids is 1. The second-order valence-corrected chi connectivity index (χ2v) is 11.6. The van der Waals surface area contributed by atoms with Crippen molar-refractivity contribution >= 4 is 11.9 Å². The van der Waals surface area contributed by atoms with Gasteiger partial charge in [-0.25, -0.2) is 0 Å². The highest BCUT2D eigenvalue weighted by Gasteiger charge is 2.59. The molecule has 9 atom stereocenters. The van der Waals surface area contributed by atoms with Gasteiger partial charge in [0.2, 0.25) is 0 Å². The lowest BCUT2D eigenvalue weighted by atomic mass is 9.45. The Balaban J connectivity index is 1.38. The first-order valence-corrected chi connectivity index (χ1v) is 12.3. The molecule has 0 radical (unpaired) electrons. The van der Waals surface area contributed by atoms with Crippen molar-refractivity contribution < 1.29 is 19.4 Å². The summed E-state index contributed by atoms with van der Waals surface area (Å²) in [5, 5.41) is 8.80. The molecule has 0 aliphatic heterocycles. The van der Waals surface area contributed by atoms with E-state index in [4.69, 9.17) is 15.6 Å². The van der Waals surface area contributed by atoms with Crippen LogP contribution in [0.3, 0.4) is 0 Å². The number of aliphatic carboxylic acids is 1. The lowest BCUT2D eigenvalue weighted by molar-refractivity contribution is -0.163. The van der Waals surface area contributed by atoms with Crippen molar-refractivity contribution in [2.45, 2.75) is 104 Å². The van der Waals surface area contributed by atoms with E-state index in [1.165, 1.54) is 38.5 Å². The highest BCUT2D eigenvalue weighted by atomic mass is 16.5. The van der Waals surface area contributed by atoms with Crippen LogP contribution in [0.5, 0.6) is 0 Å². The maximum absolute atomic E-state index is 12.3. The van der Waals surface area contributed by atoms with Crippen LogP contribution in [0.15, 0.2) is 0 Å². The topological polar surface area (TPSA) is 89.6 Å². The van der Waals surface area contributed by atoms with Gasteiger partial charge in [-0.1, -0.05) is 20.8 Å². The summed E-state index contributed by atoms with van der Waals surface area (Å²) in [7, 11) is 0. The van der Waals surface area contributed by atoms with Gasteiger partial charge in [-0.05, 0) is 105 Å². The first kappa shape index (κ1) is 22.1. The summed E-state index contributed by atoms with van der Waals surface area (Å²) in [6.07, 6.45) is 11.2. The van der Waals surface area contributed by atoms with Gasteiger partial charge in [0.1, 0.15) is 12.1 Å². The van der Waals surface area contributed by atoms with Gasteiger partial charge in [0.15, 0.2) is 0 Å². The minimum atomic E-state index is -0.927. The van der Waals surface area contributed by atoms with Gasteiger partial charge in [-0.15, -0.1) is 0 Å². The third kappa shape index (κ3) is 3.69. The van der Waals surface area contributed by atoms with Crippen LogP contribution >= 0.6 is 0 Å². The molecule has 0 aromatic carbocycles. The fourth-order valence-corrected chi connectivity index (χ4v) is 8.24. The summed E-state index contributed by atoms with van der Waals surface area (Å²) in [4.78, 5) is 23.1. The Morgan fingerprint density at radius 3 is 2.47 bits per heavy atom. The third-order valence-electron chi connectivity index (χ3n) is 10.3. The summed E-state index contributed by atoms with van der Waals surface area (Å²) in [6.45, 7) is 7.59. The molecule has 0 spiro atoms. The van der Waals surface area contributed by atoms with Gasteiger partial charge >= 0.3 is 11.9 Å². The number of carbonyl (C=O) groups is 2. The molecule has 0 aromatic heterocycles. The van der Waals surface area contributed by atoms with E-state index >= 15 is 0 Å². The molecule has 0 bridgehead atoms. The molecule has 3 N–H and O–H groups in total. The smallest absolute Gasteiger partial charge is 0.323 e. The Morgan fingerprint density at radius 2 is 1.73 bits per heavy atom. The molecular weight excluding hydrogens is 378 g/mol. The quantitative estimate of drug-likeness (QED) is 0.627. The number of carboxylic acids is 1. The van der Waals surface area contributed by atoms with E-state index in [1.807, 2.05) is 0 Å². The van der Waals surface area contributed by atoms with Crippen molar-refractivity contribution in [3.8, 4) is 0 Å². The SMILES string of the molecule is C[C@H]1CC[C@H]2[C@@H]3CC[C@@H]4C[C@H](OC(=O)[C@@H](N)CCC(=O)O)CC[C@]4(C)[C@H]3CC[C@]12C. The first-order valence-electron chi connectivity index (χ1n) is 12.3. The van der Waals surface area contributed by atoms with Gasteiger partial charge in [-0.3, -0.25) is 9.59 Å². The summed E-state index contributed by atoms with van der Waals surface area (Å²) >= 11 is 0. The Morgan fingerprint density at radius 1 is 1.03 bits per heavy atom. The Bertz CT molecular complexity index is 680.